The number of H-pyrrole nitrogens is 1. The SMILES string of the molecule is CC(NC(=O)C1CCCN1C(=O)C(Cc1ccccc1)NC(=O)C(N)Cc1cnc[nH]1)C(=O)O. The third kappa shape index (κ3) is 6.41. The van der Waals surface area contributed by atoms with E-state index >= 15 is 0 Å². The summed E-state index contributed by atoms with van der Waals surface area (Å²) in [6.07, 6.45) is 4.51. The molecule has 3 amide bonds. The maximum atomic E-state index is 13.5. The maximum Gasteiger partial charge on any atom is 0.325 e. The second-order valence-corrected chi connectivity index (χ2v) is 8.40. The molecule has 4 atom stereocenters. The number of nitrogens with two attached hydrogens (primary N) is 1. The molecule has 1 fully saturated rings. The number of aromatic nitrogens is 2. The molecule has 11 heteroatoms. The molecule has 0 radical (unpaired) electrons. The topological polar surface area (TPSA) is 171 Å². The number of nitrogens with zero attached hydrogens (tertiary/aromatic N) is 2. The van der Waals surface area contributed by atoms with Crippen LogP contribution in [0.25, 0.3) is 0 Å². The van der Waals surface area contributed by atoms with Gasteiger partial charge in [-0.3, -0.25) is 19.2 Å². The van der Waals surface area contributed by atoms with E-state index in [1.54, 1.807) is 6.20 Å². The van der Waals surface area contributed by atoms with Gasteiger partial charge in [-0.2, -0.15) is 0 Å². The number of carbonyl (C=O) groups is 4. The van der Waals surface area contributed by atoms with E-state index in [0.29, 0.717) is 25.1 Å². The molecule has 182 valence electrons. The fourth-order valence-electron chi connectivity index (χ4n) is 3.93. The average Bonchev–Trinajstić information content (AvgIpc) is 3.51. The van der Waals surface area contributed by atoms with Crippen LogP contribution in [0.1, 0.15) is 31.0 Å². The molecular formula is C23H30N6O5. The molecule has 1 aromatic heterocycles. The summed E-state index contributed by atoms with van der Waals surface area (Å²) in [7, 11) is 0. The molecule has 4 unspecified atom stereocenters. The van der Waals surface area contributed by atoms with E-state index in [4.69, 9.17) is 10.8 Å². The zero-order valence-corrected chi connectivity index (χ0v) is 18.9. The van der Waals surface area contributed by atoms with E-state index in [1.807, 2.05) is 30.3 Å². The van der Waals surface area contributed by atoms with Gasteiger partial charge in [0.1, 0.15) is 18.1 Å². The Labute approximate surface area is 197 Å². The van der Waals surface area contributed by atoms with Crippen molar-refractivity contribution in [1.82, 2.24) is 25.5 Å². The third-order valence-electron chi connectivity index (χ3n) is 5.80. The lowest BCUT2D eigenvalue weighted by Crippen LogP contribution is -2.57. The number of benzene rings is 1. The van der Waals surface area contributed by atoms with Crippen molar-refractivity contribution in [1.29, 1.82) is 0 Å². The number of aliphatic carboxylic acids is 1. The van der Waals surface area contributed by atoms with Crippen molar-refractivity contribution in [3.05, 3.63) is 54.1 Å². The summed E-state index contributed by atoms with van der Waals surface area (Å²) in [6.45, 7) is 1.70. The minimum Gasteiger partial charge on any atom is -0.480 e. The van der Waals surface area contributed by atoms with Gasteiger partial charge in [-0.1, -0.05) is 30.3 Å². The van der Waals surface area contributed by atoms with Gasteiger partial charge in [0.15, 0.2) is 0 Å². The van der Waals surface area contributed by atoms with Gasteiger partial charge in [-0.15, -0.1) is 0 Å². The fourth-order valence-corrected chi connectivity index (χ4v) is 3.93. The molecule has 2 heterocycles. The van der Waals surface area contributed by atoms with Gasteiger partial charge in [0, 0.05) is 31.3 Å². The van der Waals surface area contributed by atoms with Crippen LogP contribution in [0.2, 0.25) is 0 Å². The highest BCUT2D eigenvalue weighted by Gasteiger charge is 2.38. The minimum absolute atomic E-state index is 0.221. The second kappa shape index (κ2) is 11.4. The molecule has 3 rings (SSSR count). The predicted molar refractivity (Wildman–Crippen MR) is 122 cm³/mol. The molecule has 0 bridgehead atoms. The monoisotopic (exact) mass is 470 g/mol. The van der Waals surface area contributed by atoms with Gasteiger partial charge in [0.25, 0.3) is 0 Å². The van der Waals surface area contributed by atoms with E-state index in [-0.39, 0.29) is 12.8 Å². The lowest BCUT2D eigenvalue weighted by atomic mass is 10.0. The highest BCUT2D eigenvalue weighted by molar-refractivity contribution is 5.94. The van der Waals surface area contributed by atoms with E-state index < -0.39 is 47.9 Å². The first-order chi connectivity index (χ1) is 16.3. The summed E-state index contributed by atoms with van der Waals surface area (Å²) in [5.41, 5.74) is 7.59. The van der Waals surface area contributed by atoms with Crippen LogP contribution in [-0.2, 0) is 32.0 Å². The smallest absolute Gasteiger partial charge is 0.325 e. The lowest BCUT2D eigenvalue weighted by molar-refractivity contribution is -0.144. The fraction of sp³-hybridized carbons (Fsp3) is 0.435. The Hall–Kier alpha value is -3.73. The van der Waals surface area contributed by atoms with Crippen LogP contribution in [0.15, 0.2) is 42.9 Å². The number of rotatable bonds is 10. The number of nitrogens with one attached hydrogen (secondary N) is 3. The molecule has 1 aliphatic heterocycles. The number of carboxylic acids is 1. The van der Waals surface area contributed by atoms with Crippen LogP contribution in [0, 0.1) is 0 Å². The summed E-state index contributed by atoms with van der Waals surface area (Å²) in [4.78, 5) is 58.4. The third-order valence-corrected chi connectivity index (χ3v) is 5.80. The summed E-state index contributed by atoms with van der Waals surface area (Å²) in [5.74, 6) is -2.60. The van der Waals surface area contributed by atoms with Crippen molar-refractivity contribution in [3.63, 3.8) is 0 Å². The molecule has 0 aliphatic carbocycles. The van der Waals surface area contributed by atoms with Crippen LogP contribution in [0.3, 0.4) is 0 Å². The van der Waals surface area contributed by atoms with Crippen molar-refractivity contribution in [3.8, 4) is 0 Å². The normalized spacial score (nSPS) is 18.1. The summed E-state index contributed by atoms with van der Waals surface area (Å²) >= 11 is 0. The Balaban J connectivity index is 1.74. The Kier molecular flexibility index (Phi) is 8.36. The maximum absolute atomic E-state index is 13.5. The predicted octanol–water partition coefficient (Wildman–Crippen LogP) is -0.413. The molecule has 6 N–H and O–H groups in total. The number of carbonyl (C=O) groups excluding carboxylic acids is 3. The van der Waals surface area contributed by atoms with E-state index in [9.17, 15) is 19.2 Å². The van der Waals surface area contributed by atoms with E-state index in [0.717, 1.165) is 5.56 Å². The number of carboxylic acid groups (broad SMARTS) is 1. The zero-order chi connectivity index (χ0) is 24.7. The quantitative estimate of drug-likeness (QED) is 0.314. The van der Waals surface area contributed by atoms with Crippen molar-refractivity contribution in [2.45, 2.75) is 56.8 Å². The Morgan fingerprint density at radius 1 is 1.21 bits per heavy atom. The van der Waals surface area contributed by atoms with Gasteiger partial charge < -0.3 is 31.4 Å². The largest absolute Gasteiger partial charge is 0.480 e. The molecule has 34 heavy (non-hydrogen) atoms. The Morgan fingerprint density at radius 3 is 2.59 bits per heavy atom. The number of aromatic amines is 1. The molecule has 0 spiro atoms. The Morgan fingerprint density at radius 2 is 1.94 bits per heavy atom. The molecule has 1 aromatic carbocycles. The van der Waals surface area contributed by atoms with Crippen molar-refractivity contribution in [2.75, 3.05) is 6.54 Å². The standard InChI is InChI=1S/C23H30N6O5/c1-14(23(33)34)27-21(31)19-8-5-9-29(19)22(32)18(10-15-6-3-2-4-7-15)28-20(30)17(24)11-16-12-25-13-26-16/h2-4,6-7,12-14,17-19H,5,8-11,24H2,1H3,(H,25,26)(H,27,31)(H,28,30)(H,33,34). The summed E-state index contributed by atoms with van der Waals surface area (Å²) in [6, 6.07) is 5.50. The molecule has 1 aliphatic rings. The van der Waals surface area contributed by atoms with Gasteiger partial charge >= 0.3 is 5.97 Å². The number of hydrogen-bond acceptors (Lipinski definition) is 6. The average molecular weight is 471 g/mol. The summed E-state index contributed by atoms with van der Waals surface area (Å²) in [5, 5.41) is 14.3. The highest BCUT2D eigenvalue weighted by atomic mass is 16.4. The van der Waals surface area contributed by atoms with Gasteiger partial charge in [0.2, 0.25) is 17.7 Å². The van der Waals surface area contributed by atoms with Crippen LogP contribution >= 0.6 is 0 Å². The van der Waals surface area contributed by atoms with Crippen molar-refractivity contribution >= 4 is 23.7 Å². The first-order valence-corrected chi connectivity index (χ1v) is 11.2. The number of likely N-dealkylation sites (tertiary alicyclic amines) is 1. The van der Waals surface area contributed by atoms with Crippen LogP contribution < -0.4 is 16.4 Å². The van der Waals surface area contributed by atoms with Crippen molar-refractivity contribution in [2.24, 2.45) is 5.73 Å². The minimum atomic E-state index is -1.16. The Bertz CT molecular complexity index is 997. The number of amides is 3. The zero-order valence-electron chi connectivity index (χ0n) is 18.9. The number of hydrogen-bond donors (Lipinski definition) is 5. The highest BCUT2D eigenvalue weighted by Crippen LogP contribution is 2.20. The molecule has 1 saturated heterocycles. The molecule has 0 saturated carbocycles. The van der Waals surface area contributed by atoms with E-state index in [1.165, 1.54) is 18.2 Å². The molecule has 2 aromatic rings. The lowest BCUT2D eigenvalue weighted by Gasteiger charge is -2.29. The first kappa shape index (κ1) is 24.9. The molecular weight excluding hydrogens is 440 g/mol. The second-order valence-electron chi connectivity index (χ2n) is 8.40. The van der Waals surface area contributed by atoms with Crippen molar-refractivity contribution < 1.29 is 24.3 Å². The molecule has 11 nitrogen and oxygen atoms in total. The van der Waals surface area contributed by atoms with Crippen LogP contribution in [0.4, 0.5) is 0 Å². The van der Waals surface area contributed by atoms with Gasteiger partial charge in [-0.05, 0) is 25.3 Å². The van der Waals surface area contributed by atoms with E-state index in [2.05, 4.69) is 20.6 Å². The first-order valence-electron chi connectivity index (χ1n) is 11.2. The summed E-state index contributed by atoms with van der Waals surface area (Å²) < 4.78 is 0. The van der Waals surface area contributed by atoms with Gasteiger partial charge in [0.05, 0.1) is 12.4 Å². The number of imidazole rings is 1. The van der Waals surface area contributed by atoms with Gasteiger partial charge in [-0.25, -0.2) is 4.98 Å². The van der Waals surface area contributed by atoms with Crippen LogP contribution in [0.5, 0.6) is 0 Å². The van der Waals surface area contributed by atoms with Crippen LogP contribution in [-0.4, -0.2) is 74.4 Å².